The van der Waals surface area contributed by atoms with Crippen LogP contribution in [0.5, 0.6) is 0 Å². The summed E-state index contributed by atoms with van der Waals surface area (Å²) < 4.78 is 4.78. The van der Waals surface area contributed by atoms with Crippen LogP contribution in [-0.2, 0) is 9.53 Å². The van der Waals surface area contributed by atoms with E-state index in [0.29, 0.717) is 6.61 Å². The minimum Gasteiger partial charge on any atom is -0.463 e. The third kappa shape index (κ3) is 11.3. The Morgan fingerprint density at radius 2 is 1.74 bits per heavy atom. The van der Waals surface area contributed by atoms with Crippen molar-refractivity contribution in [3.63, 3.8) is 0 Å². The molecule has 0 N–H and O–H groups in total. The van der Waals surface area contributed by atoms with E-state index in [0.717, 1.165) is 12.8 Å². The summed E-state index contributed by atoms with van der Waals surface area (Å²) in [6.45, 7) is 4.35. The van der Waals surface area contributed by atoms with Crippen LogP contribution in [0, 0.1) is 0 Å². The topological polar surface area (TPSA) is 26.3 Å². The average Bonchev–Trinajstić information content (AvgIpc) is 2.40. The lowest BCUT2D eigenvalue weighted by atomic mass is 10.1. The number of carbonyl (C=O) groups excluding carboxylic acids is 1. The molecule has 0 aromatic carbocycles. The molecule has 4 heteroatoms. The summed E-state index contributed by atoms with van der Waals surface area (Å²) in [6.07, 6.45) is 11.3. The zero-order chi connectivity index (χ0) is 14.5. The van der Waals surface area contributed by atoms with Crippen molar-refractivity contribution in [3.8, 4) is 0 Å². The van der Waals surface area contributed by atoms with Crippen LogP contribution in [0.2, 0.25) is 0 Å². The van der Waals surface area contributed by atoms with E-state index in [9.17, 15) is 4.79 Å². The molecule has 2 nitrogen and oxygen atoms in total. The Bertz CT molecular complexity index is 255. The molecule has 0 heterocycles. The maximum absolute atomic E-state index is 11.1. The van der Waals surface area contributed by atoms with E-state index in [2.05, 4.69) is 6.92 Å². The summed E-state index contributed by atoms with van der Waals surface area (Å²) in [7, 11) is 0. The van der Waals surface area contributed by atoms with Gasteiger partial charge in [0.05, 0.1) is 17.4 Å². The van der Waals surface area contributed by atoms with E-state index in [1.807, 2.05) is 0 Å². The first-order valence-corrected chi connectivity index (χ1v) is 8.12. The van der Waals surface area contributed by atoms with Crippen LogP contribution >= 0.6 is 23.2 Å². The van der Waals surface area contributed by atoms with Gasteiger partial charge in [-0.2, -0.15) is 0 Å². The summed E-state index contributed by atoms with van der Waals surface area (Å²) in [5, 5.41) is -0.444. The maximum Gasteiger partial charge on any atom is 0.330 e. The number of halogens is 2. The molecular formula is C15H26Cl2O2. The Morgan fingerprint density at radius 1 is 1.11 bits per heavy atom. The minimum absolute atomic E-state index is 0.126. The van der Waals surface area contributed by atoms with Crippen LogP contribution in [0.15, 0.2) is 12.2 Å². The fourth-order valence-corrected chi connectivity index (χ4v) is 2.20. The fraction of sp³-hybridized carbons (Fsp3) is 0.800. The second-order valence-corrected chi connectivity index (χ2v) is 5.69. The van der Waals surface area contributed by atoms with Gasteiger partial charge in [0.2, 0.25) is 0 Å². The number of ether oxygens (including phenoxy) is 1. The predicted octanol–water partition coefficient (Wildman–Crippen LogP) is 5.07. The Kier molecular flexibility index (Phi) is 12.7. The van der Waals surface area contributed by atoms with Gasteiger partial charge in [0, 0.05) is 6.08 Å². The van der Waals surface area contributed by atoms with Gasteiger partial charge in [0.1, 0.15) is 0 Å². The SMILES string of the molecule is CCCCCCCC[C@@H](Cl)[C@H](Cl)/C=C/C(=O)OCC. The molecule has 0 aromatic rings. The van der Waals surface area contributed by atoms with Crippen molar-refractivity contribution < 1.29 is 9.53 Å². The Labute approximate surface area is 127 Å². The van der Waals surface area contributed by atoms with Crippen molar-refractivity contribution in [1.82, 2.24) is 0 Å². The van der Waals surface area contributed by atoms with Crippen molar-refractivity contribution >= 4 is 29.2 Å². The van der Waals surface area contributed by atoms with Crippen LogP contribution in [0.25, 0.3) is 0 Å². The zero-order valence-electron chi connectivity index (χ0n) is 12.0. The molecule has 112 valence electrons. The maximum atomic E-state index is 11.1. The van der Waals surface area contributed by atoms with Crippen LogP contribution in [-0.4, -0.2) is 23.3 Å². The number of carbonyl (C=O) groups is 1. The summed E-state index contributed by atoms with van der Waals surface area (Å²) in [5.74, 6) is -0.364. The number of hydrogen-bond donors (Lipinski definition) is 0. The molecule has 2 atom stereocenters. The van der Waals surface area contributed by atoms with Crippen LogP contribution in [0.1, 0.15) is 58.8 Å². The van der Waals surface area contributed by atoms with Gasteiger partial charge < -0.3 is 4.74 Å². The Balaban J connectivity index is 3.69. The highest BCUT2D eigenvalue weighted by Crippen LogP contribution is 2.19. The highest BCUT2D eigenvalue weighted by atomic mass is 35.5. The van der Waals surface area contributed by atoms with Crippen molar-refractivity contribution in [2.75, 3.05) is 6.61 Å². The molecule has 0 unspecified atom stereocenters. The standard InChI is InChI=1S/C15H26Cl2O2/c1-3-5-6-7-8-9-10-13(16)14(17)11-12-15(18)19-4-2/h11-14H,3-10H2,1-2H3/b12-11+/t13-,14-/m1/s1. The van der Waals surface area contributed by atoms with Crippen molar-refractivity contribution in [1.29, 1.82) is 0 Å². The quantitative estimate of drug-likeness (QED) is 0.230. The molecule has 0 aliphatic carbocycles. The first kappa shape index (κ1) is 18.8. The second kappa shape index (κ2) is 12.8. The van der Waals surface area contributed by atoms with Crippen molar-refractivity contribution in [3.05, 3.63) is 12.2 Å². The normalized spacial score (nSPS) is 14.5. The van der Waals surface area contributed by atoms with Crippen molar-refractivity contribution in [2.24, 2.45) is 0 Å². The Hall–Kier alpha value is -0.210. The molecule has 0 saturated carbocycles. The van der Waals surface area contributed by atoms with Gasteiger partial charge >= 0.3 is 5.97 Å². The lowest BCUT2D eigenvalue weighted by Gasteiger charge is -2.12. The monoisotopic (exact) mass is 308 g/mol. The molecule has 0 aliphatic heterocycles. The molecule has 0 saturated heterocycles. The van der Waals surface area contributed by atoms with Crippen molar-refractivity contribution in [2.45, 2.75) is 69.5 Å². The molecule has 0 radical (unpaired) electrons. The van der Waals surface area contributed by atoms with E-state index in [1.165, 1.54) is 38.2 Å². The van der Waals surface area contributed by atoms with E-state index in [-0.39, 0.29) is 16.7 Å². The van der Waals surface area contributed by atoms with Crippen LogP contribution < -0.4 is 0 Å². The Morgan fingerprint density at radius 3 is 2.37 bits per heavy atom. The largest absolute Gasteiger partial charge is 0.463 e. The number of unbranched alkanes of at least 4 members (excludes halogenated alkanes) is 5. The number of rotatable bonds is 11. The smallest absolute Gasteiger partial charge is 0.330 e. The molecule has 0 amide bonds. The molecule has 19 heavy (non-hydrogen) atoms. The first-order chi connectivity index (χ1) is 9.11. The summed E-state index contributed by atoms with van der Waals surface area (Å²) in [6, 6.07) is 0. The summed E-state index contributed by atoms with van der Waals surface area (Å²) >= 11 is 12.3. The van der Waals surface area contributed by atoms with Crippen LogP contribution in [0.3, 0.4) is 0 Å². The van der Waals surface area contributed by atoms with Gasteiger partial charge in [-0.25, -0.2) is 4.79 Å². The number of alkyl halides is 2. The predicted molar refractivity (Wildman–Crippen MR) is 83.0 cm³/mol. The third-order valence-electron chi connectivity index (χ3n) is 2.88. The first-order valence-electron chi connectivity index (χ1n) is 7.24. The number of hydrogen-bond acceptors (Lipinski definition) is 2. The highest BCUT2D eigenvalue weighted by Gasteiger charge is 2.13. The van der Waals surface area contributed by atoms with E-state index >= 15 is 0 Å². The number of esters is 1. The van der Waals surface area contributed by atoms with Gasteiger partial charge in [0.15, 0.2) is 0 Å². The van der Waals surface area contributed by atoms with Crippen LogP contribution in [0.4, 0.5) is 0 Å². The summed E-state index contributed by atoms with van der Waals surface area (Å²) in [4.78, 5) is 11.1. The van der Waals surface area contributed by atoms with E-state index in [4.69, 9.17) is 27.9 Å². The lowest BCUT2D eigenvalue weighted by molar-refractivity contribution is -0.137. The van der Waals surface area contributed by atoms with Gasteiger partial charge in [0.25, 0.3) is 0 Å². The molecule has 0 fully saturated rings. The second-order valence-electron chi connectivity index (χ2n) is 4.63. The number of allylic oxidation sites excluding steroid dienone is 1. The van der Waals surface area contributed by atoms with E-state index in [1.54, 1.807) is 13.0 Å². The highest BCUT2D eigenvalue weighted by molar-refractivity contribution is 6.30. The van der Waals surface area contributed by atoms with Gasteiger partial charge in [-0.1, -0.05) is 51.5 Å². The molecule has 0 aliphatic rings. The molecule has 0 spiro atoms. The third-order valence-corrected chi connectivity index (χ3v) is 3.95. The summed E-state index contributed by atoms with van der Waals surface area (Å²) in [5.41, 5.74) is 0. The zero-order valence-corrected chi connectivity index (χ0v) is 13.6. The molecular weight excluding hydrogens is 283 g/mol. The molecule has 0 aromatic heterocycles. The molecule has 0 rings (SSSR count). The van der Waals surface area contributed by atoms with Gasteiger partial charge in [-0.15, -0.1) is 23.2 Å². The van der Waals surface area contributed by atoms with E-state index < -0.39 is 0 Å². The lowest BCUT2D eigenvalue weighted by Crippen LogP contribution is -2.13. The van der Waals surface area contributed by atoms with Gasteiger partial charge in [-0.3, -0.25) is 0 Å². The average molecular weight is 309 g/mol. The molecule has 0 bridgehead atoms. The fourth-order valence-electron chi connectivity index (χ4n) is 1.76. The minimum atomic E-state index is -0.364. The van der Waals surface area contributed by atoms with Gasteiger partial charge in [-0.05, 0) is 13.3 Å².